The fourth-order valence-corrected chi connectivity index (χ4v) is 4.52. The van der Waals surface area contributed by atoms with Gasteiger partial charge < -0.3 is 14.5 Å². The van der Waals surface area contributed by atoms with Gasteiger partial charge in [-0.05, 0) is 44.9 Å². The van der Waals surface area contributed by atoms with E-state index in [0.717, 1.165) is 37.5 Å². The van der Waals surface area contributed by atoms with E-state index in [1.165, 1.54) is 0 Å². The lowest BCUT2D eigenvalue weighted by Crippen LogP contribution is -2.55. The van der Waals surface area contributed by atoms with E-state index in [9.17, 15) is 9.59 Å². The van der Waals surface area contributed by atoms with Crippen molar-refractivity contribution >= 4 is 11.8 Å². The van der Waals surface area contributed by atoms with Crippen LogP contribution < -0.4 is 4.74 Å². The molecule has 0 bridgehead atoms. The van der Waals surface area contributed by atoms with Crippen LogP contribution in [0.3, 0.4) is 0 Å². The van der Waals surface area contributed by atoms with Crippen LogP contribution >= 0.6 is 0 Å². The highest BCUT2D eigenvalue weighted by Crippen LogP contribution is 2.38. The quantitative estimate of drug-likeness (QED) is 0.779. The number of hydrogen-bond acceptors (Lipinski definition) is 4. The Morgan fingerprint density at radius 2 is 1.93 bits per heavy atom. The number of piperidine rings is 1. The number of ether oxygens (including phenoxy) is 1. The lowest BCUT2D eigenvalue weighted by molar-refractivity contribution is -0.149. The standard InChI is InChI=1S/C22H33N3O3/c1-5-25-20(26)10-9-19(21(25)17-7-6-8-18(15-17)28-4)22(27)24-13-11-23(12-14-24)16(2)3/h6-8,15-16,19,21H,5,9-14H2,1-4H3/t19-,21+/m1/s1. The first-order chi connectivity index (χ1) is 13.5. The number of benzene rings is 1. The third-order valence-corrected chi connectivity index (χ3v) is 6.16. The van der Waals surface area contributed by atoms with Gasteiger partial charge in [-0.25, -0.2) is 0 Å². The van der Waals surface area contributed by atoms with Gasteiger partial charge in [-0.1, -0.05) is 12.1 Å². The first kappa shape index (κ1) is 20.6. The van der Waals surface area contributed by atoms with Crippen LogP contribution in [0.1, 0.15) is 45.2 Å². The van der Waals surface area contributed by atoms with Gasteiger partial charge in [0.1, 0.15) is 5.75 Å². The van der Waals surface area contributed by atoms with E-state index in [2.05, 4.69) is 18.7 Å². The van der Waals surface area contributed by atoms with Gasteiger partial charge in [0.15, 0.2) is 0 Å². The minimum absolute atomic E-state index is 0.129. The molecule has 0 N–H and O–H groups in total. The van der Waals surface area contributed by atoms with Gasteiger partial charge in [0.2, 0.25) is 11.8 Å². The summed E-state index contributed by atoms with van der Waals surface area (Å²) in [7, 11) is 1.64. The maximum atomic E-state index is 13.5. The Morgan fingerprint density at radius 3 is 2.54 bits per heavy atom. The van der Waals surface area contributed by atoms with Gasteiger partial charge in [0.25, 0.3) is 0 Å². The molecular formula is C22H33N3O3. The Hall–Kier alpha value is -2.08. The fraction of sp³-hybridized carbons (Fsp3) is 0.636. The number of likely N-dealkylation sites (tertiary alicyclic amines) is 1. The van der Waals surface area contributed by atoms with Crippen molar-refractivity contribution < 1.29 is 14.3 Å². The van der Waals surface area contributed by atoms with Crippen LogP contribution in [0.2, 0.25) is 0 Å². The summed E-state index contributed by atoms with van der Waals surface area (Å²) in [5.41, 5.74) is 0.980. The van der Waals surface area contributed by atoms with Crippen LogP contribution in [0.15, 0.2) is 24.3 Å². The molecule has 0 aromatic heterocycles. The Kier molecular flexibility index (Phi) is 6.60. The zero-order valence-corrected chi connectivity index (χ0v) is 17.6. The van der Waals surface area contributed by atoms with Gasteiger partial charge in [-0.15, -0.1) is 0 Å². The van der Waals surface area contributed by atoms with Gasteiger partial charge in [0, 0.05) is 45.2 Å². The van der Waals surface area contributed by atoms with Crippen LogP contribution in [0.4, 0.5) is 0 Å². The normalized spacial score (nSPS) is 24.0. The number of carbonyl (C=O) groups is 2. The van der Waals surface area contributed by atoms with Crippen molar-refractivity contribution in [3.8, 4) is 5.75 Å². The fourth-order valence-electron chi connectivity index (χ4n) is 4.52. The van der Waals surface area contributed by atoms with Crippen LogP contribution in [-0.2, 0) is 9.59 Å². The van der Waals surface area contributed by atoms with E-state index >= 15 is 0 Å². The summed E-state index contributed by atoms with van der Waals surface area (Å²) >= 11 is 0. The summed E-state index contributed by atoms with van der Waals surface area (Å²) in [6.07, 6.45) is 1.05. The van der Waals surface area contributed by atoms with Crippen molar-refractivity contribution in [2.45, 2.75) is 45.7 Å². The maximum absolute atomic E-state index is 13.5. The van der Waals surface area contributed by atoms with Gasteiger partial charge >= 0.3 is 0 Å². The minimum atomic E-state index is -0.225. The summed E-state index contributed by atoms with van der Waals surface area (Å²) in [5.74, 6) is 0.866. The van der Waals surface area contributed by atoms with Crippen LogP contribution in [-0.4, -0.2) is 72.4 Å². The topological polar surface area (TPSA) is 53.1 Å². The van der Waals surface area contributed by atoms with Gasteiger partial charge in [-0.2, -0.15) is 0 Å². The lowest BCUT2D eigenvalue weighted by Gasteiger charge is -2.44. The Balaban J connectivity index is 1.84. The van der Waals surface area contributed by atoms with Crippen molar-refractivity contribution in [3.63, 3.8) is 0 Å². The Bertz CT molecular complexity index is 698. The number of rotatable bonds is 5. The van der Waals surface area contributed by atoms with Gasteiger partial charge in [-0.3, -0.25) is 14.5 Å². The summed E-state index contributed by atoms with van der Waals surface area (Å²) < 4.78 is 5.38. The smallest absolute Gasteiger partial charge is 0.228 e. The molecule has 0 unspecified atom stereocenters. The molecular weight excluding hydrogens is 354 g/mol. The number of carbonyl (C=O) groups excluding carboxylic acids is 2. The molecule has 6 nitrogen and oxygen atoms in total. The third kappa shape index (κ3) is 4.17. The summed E-state index contributed by atoms with van der Waals surface area (Å²) in [4.78, 5) is 32.3. The first-order valence-electron chi connectivity index (χ1n) is 10.4. The average molecular weight is 388 g/mol. The monoisotopic (exact) mass is 387 g/mol. The predicted molar refractivity (Wildman–Crippen MR) is 109 cm³/mol. The van der Waals surface area contributed by atoms with Crippen LogP contribution in [0, 0.1) is 5.92 Å². The zero-order valence-electron chi connectivity index (χ0n) is 17.6. The largest absolute Gasteiger partial charge is 0.497 e. The number of methoxy groups -OCH3 is 1. The molecule has 2 aliphatic heterocycles. The van der Waals surface area contributed by atoms with Crippen molar-refractivity contribution in [1.82, 2.24) is 14.7 Å². The second kappa shape index (κ2) is 8.95. The summed E-state index contributed by atoms with van der Waals surface area (Å²) in [6.45, 7) is 10.3. The average Bonchev–Trinajstić information content (AvgIpc) is 2.73. The molecule has 1 aromatic carbocycles. The second-order valence-corrected chi connectivity index (χ2v) is 8.00. The van der Waals surface area contributed by atoms with E-state index in [-0.39, 0.29) is 23.8 Å². The molecule has 28 heavy (non-hydrogen) atoms. The molecule has 2 amide bonds. The van der Waals surface area contributed by atoms with E-state index in [4.69, 9.17) is 4.74 Å². The lowest BCUT2D eigenvalue weighted by atomic mass is 9.83. The molecule has 2 atom stereocenters. The SMILES string of the molecule is CCN1C(=O)CC[C@@H](C(=O)N2CCN(C(C)C)CC2)[C@@H]1c1cccc(OC)c1. The highest BCUT2D eigenvalue weighted by atomic mass is 16.5. The highest BCUT2D eigenvalue weighted by molar-refractivity contribution is 5.85. The molecule has 2 fully saturated rings. The van der Waals surface area contributed by atoms with E-state index < -0.39 is 0 Å². The van der Waals surface area contributed by atoms with Crippen LogP contribution in [0.5, 0.6) is 5.75 Å². The third-order valence-electron chi connectivity index (χ3n) is 6.16. The molecule has 0 saturated carbocycles. The number of hydrogen-bond donors (Lipinski definition) is 0. The number of nitrogens with zero attached hydrogens (tertiary/aromatic N) is 3. The number of piperazine rings is 1. The molecule has 0 spiro atoms. The Labute approximate surface area is 168 Å². The molecule has 6 heteroatoms. The predicted octanol–water partition coefficient (Wildman–Crippen LogP) is 2.55. The molecule has 1 aromatic rings. The second-order valence-electron chi connectivity index (χ2n) is 8.00. The zero-order chi connectivity index (χ0) is 20.3. The molecule has 2 heterocycles. The molecule has 0 radical (unpaired) electrons. The van der Waals surface area contributed by atoms with E-state index in [1.54, 1.807) is 7.11 Å². The number of amides is 2. The molecule has 2 saturated heterocycles. The van der Waals surface area contributed by atoms with Crippen LogP contribution in [0.25, 0.3) is 0 Å². The van der Waals surface area contributed by atoms with Crippen molar-refractivity contribution in [2.75, 3.05) is 39.8 Å². The van der Waals surface area contributed by atoms with E-state index in [0.29, 0.717) is 25.4 Å². The van der Waals surface area contributed by atoms with Crippen molar-refractivity contribution in [3.05, 3.63) is 29.8 Å². The van der Waals surface area contributed by atoms with E-state index in [1.807, 2.05) is 41.0 Å². The molecule has 2 aliphatic rings. The minimum Gasteiger partial charge on any atom is -0.497 e. The molecule has 3 rings (SSSR count). The summed E-state index contributed by atoms with van der Waals surface area (Å²) in [6, 6.07) is 8.08. The summed E-state index contributed by atoms with van der Waals surface area (Å²) in [5, 5.41) is 0. The molecule has 0 aliphatic carbocycles. The molecule has 154 valence electrons. The highest BCUT2D eigenvalue weighted by Gasteiger charge is 2.42. The first-order valence-corrected chi connectivity index (χ1v) is 10.4. The maximum Gasteiger partial charge on any atom is 0.228 e. The van der Waals surface area contributed by atoms with Crippen molar-refractivity contribution in [2.24, 2.45) is 5.92 Å². The van der Waals surface area contributed by atoms with Crippen molar-refractivity contribution in [1.29, 1.82) is 0 Å². The Morgan fingerprint density at radius 1 is 1.21 bits per heavy atom. The van der Waals surface area contributed by atoms with Gasteiger partial charge in [0.05, 0.1) is 19.1 Å².